The third kappa shape index (κ3) is 2.05. The summed E-state index contributed by atoms with van der Waals surface area (Å²) < 4.78 is 0. The van der Waals surface area contributed by atoms with Gasteiger partial charge in [-0.25, -0.2) is 5.84 Å². The maximum atomic E-state index is 6.06. The van der Waals surface area contributed by atoms with Gasteiger partial charge in [0.2, 0.25) is 0 Å². The molecule has 1 aliphatic carbocycles. The molecular formula is C16H24N2. The van der Waals surface area contributed by atoms with E-state index in [4.69, 9.17) is 5.84 Å². The number of nitrogens with zero attached hydrogens (tertiary/aromatic N) is 1. The molecule has 0 unspecified atom stereocenters. The van der Waals surface area contributed by atoms with Crippen molar-refractivity contribution >= 4 is 0 Å². The van der Waals surface area contributed by atoms with Crippen LogP contribution in [0.5, 0.6) is 0 Å². The first-order valence-corrected chi connectivity index (χ1v) is 6.83. The molecule has 0 fully saturated rings. The van der Waals surface area contributed by atoms with Crippen LogP contribution in [-0.4, -0.2) is 5.01 Å². The highest BCUT2D eigenvalue weighted by Crippen LogP contribution is 2.46. The van der Waals surface area contributed by atoms with E-state index in [2.05, 4.69) is 39.8 Å². The number of hydrazine groups is 1. The Morgan fingerprint density at radius 2 is 2.06 bits per heavy atom. The van der Waals surface area contributed by atoms with Crippen LogP contribution < -0.4 is 5.84 Å². The Kier molecular flexibility index (Phi) is 3.49. The van der Waals surface area contributed by atoms with Gasteiger partial charge in [0.15, 0.2) is 0 Å². The highest BCUT2D eigenvalue weighted by Gasteiger charge is 2.34. The summed E-state index contributed by atoms with van der Waals surface area (Å²) in [6.45, 7) is 9.08. The van der Waals surface area contributed by atoms with E-state index in [1.54, 1.807) is 5.01 Å². The lowest BCUT2D eigenvalue weighted by molar-refractivity contribution is 0.433. The molecule has 0 aromatic heterocycles. The number of allylic oxidation sites excluding steroid dienone is 6. The summed E-state index contributed by atoms with van der Waals surface area (Å²) in [6.07, 6.45) is 12.0. The maximum Gasteiger partial charge on any atom is 0.0611 e. The lowest BCUT2D eigenvalue weighted by Crippen LogP contribution is -2.34. The Bertz CT molecular complexity index is 461. The third-order valence-corrected chi connectivity index (χ3v) is 4.27. The van der Waals surface area contributed by atoms with Crippen molar-refractivity contribution in [3.8, 4) is 0 Å². The minimum absolute atomic E-state index is 0.0789. The van der Waals surface area contributed by atoms with Crippen LogP contribution in [0.25, 0.3) is 0 Å². The van der Waals surface area contributed by atoms with Crippen molar-refractivity contribution in [3.05, 3.63) is 46.8 Å². The van der Waals surface area contributed by atoms with Crippen molar-refractivity contribution in [1.29, 1.82) is 0 Å². The van der Waals surface area contributed by atoms with Crippen molar-refractivity contribution < 1.29 is 0 Å². The zero-order valence-electron chi connectivity index (χ0n) is 12.0. The molecule has 0 amide bonds. The van der Waals surface area contributed by atoms with Crippen LogP contribution >= 0.6 is 0 Å². The van der Waals surface area contributed by atoms with E-state index in [1.165, 1.54) is 29.6 Å². The molecule has 0 aromatic carbocycles. The quantitative estimate of drug-likeness (QED) is 0.759. The highest BCUT2D eigenvalue weighted by molar-refractivity contribution is 5.54. The van der Waals surface area contributed by atoms with Crippen LogP contribution in [0.4, 0.5) is 0 Å². The van der Waals surface area contributed by atoms with E-state index >= 15 is 0 Å². The third-order valence-electron chi connectivity index (χ3n) is 4.27. The molecule has 98 valence electrons. The average Bonchev–Trinajstić information content (AvgIpc) is 2.33. The van der Waals surface area contributed by atoms with Crippen LogP contribution in [0, 0.1) is 5.41 Å². The topological polar surface area (TPSA) is 29.3 Å². The number of hydrogen-bond donors (Lipinski definition) is 1. The molecule has 0 radical (unpaired) electrons. The fraction of sp³-hybridized carbons (Fsp3) is 0.500. The van der Waals surface area contributed by atoms with Gasteiger partial charge in [-0.15, -0.1) is 0 Å². The molecule has 0 saturated heterocycles. The molecular weight excluding hydrogens is 220 g/mol. The summed E-state index contributed by atoms with van der Waals surface area (Å²) in [4.78, 5) is 0. The number of nitrogens with two attached hydrogens (primary N) is 1. The first-order valence-electron chi connectivity index (χ1n) is 6.83. The molecule has 1 aliphatic heterocycles. The minimum Gasteiger partial charge on any atom is -0.287 e. The predicted octanol–water partition coefficient (Wildman–Crippen LogP) is 4.05. The summed E-state index contributed by atoms with van der Waals surface area (Å²) in [5, 5.41) is 1.75. The molecule has 2 N–H and O–H groups in total. The largest absolute Gasteiger partial charge is 0.287 e. The van der Waals surface area contributed by atoms with Gasteiger partial charge in [0.25, 0.3) is 0 Å². The fourth-order valence-corrected chi connectivity index (χ4v) is 2.72. The summed E-state index contributed by atoms with van der Waals surface area (Å²) in [6, 6.07) is 0. The Balaban J connectivity index is 2.44. The smallest absolute Gasteiger partial charge is 0.0611 e. The van der Waals surface area contributed by atoms with Crippen molar-refractivity contribution in [2.45, 2.75) is 47.0 Å². The molecule has 0 aromatic rings. The Labute approximate surface area is 111 Å². The van der Waals surface area contributed by atoms with E-state index < -0.39 is 0 Å². The summed E-state index contributed by atoms with van der Waals surface area (Å²) in [5.41, 5.74) is 5.49. The van der Waals surface area contributed by atoms with Gasteiger partial charge in [-0.3, -0.25) is 5.01 Å². The predicted molar refractivity (Wildman–Crippen MR) is 77.3 cm³/mol. The Morgan fingerprint density at radius 3 is 2.72 bits per heavy atom. The number of rotatable bonds is 3. The second-order valence-electron chi connectivity index (χ2n) is 5.74. The average molecular weight is 244 g/mol. The van der Waals surface area contributed by atoms with Gasteiger partial charge >= 0.3 is 0 Å². The van der Waals surface area contributed by atoms with Gasteiger partial charge in [-0.1, -0.05) is 38.8 Å². The maximum absolute atomic E-state index is 6.06. The van der Waals surface area contributed by atoms with Crippen LogP contribution in [0.1, 0.15) is 47.0 Å². The van der Waals surface area contributed by atoms with Crippen molar-refractivity contribution in [3.63, 3.8) is 0 Å². The molecule has 2 aliphatic rings. The molecule has 1 heterocycles. The van der Waals surface area contributed by atoms with Gasteiger partial charge in [0, 0.05) is 11.6 Å². The van der Waals surface area contributed by atoms with Crippen molar-refractivity contribution in [2.75, 3.05) is 0 Å². The summed E-state index contributed by atoms with van der Waals surface area (Å²) in [5.74, 6) is 6.06. The molecule has 0 saturated carbocycles. The lowest BCUT2D eigenvalue weighted by Gasteiger charge is -2.39. The zero-order valence-corrected chi connectivity index (χ0v) is 12.0. The summed E-state index contributed by atoms with van der Waals surface area (Å²) in [7, 11) is 0. The van der Waals surface area contributed by atoms with Gasteiger partial charge in [0.1, 0.15) is 0 Å². The van der Waals surface area contributed by atoms with Gasteiger partial charge in [-0.05, 0) is 43.1 Å². The number of hydrogen-bond acceptors (Lipinski definition) is 2. The molecule has 0 atom stereocenters. The van der Waals surface area contributed by atoms with E-state index in [0.717, 1.165) is 12.1 Å². The van der Waals surface area contributed by atoms with Crippen LogP contribution in [0.15, 0.2) is 46.8 Å². The SMILES string of the molecule is CCCCC1=C(C)C(C)(C)C2=CC=CN(N)C2=C1. The Hall–Kier alpha value is -1.28. The number of fused-ring (bicyclic) bond motifs is 1. The normalized spacial score (nSPS) is 21.7. The van der Waals surface area contributed by atoms with Gasteiger partial charge in [-0.2, -0.15) is 0 Å². The summed E-state index contributed by atoms with van der Waals surface area (Å²) >= 11 is 0. The fourth-order valence-electron chi connectivity index (χ4n) is 2.72. The first-order chi connectivity index (χ1) is 8.48. The van der Waals surface area contributed by atoms with Crippen LogP contribution in [0.3, 0.4) is 0 Å². The van der Waals surface area contributed by atoms with E-state index in [0.29, 0.717) is 0 Å². The van der Waals surface area contributed by atoms with Gasteiger partial charge in [0.05, 0.1) is 5.70 Å². The Morgan fingerprint density at radius 1 is 1.33 bits per heavy atom. The highest BCUT2D eigenvalue weighted by atomic mass is 15.4. The van der Waals surface area contributed by atoms with Gasteiger partial charge < -0.3 is 0 Å². The monoisotopic (exact) mass is 244 g/mol. The van der Waals surface area contributed by atoms with E-state index in [-0.39, 0.29) is 5.41 Å². The van der Waals surface area contributed by atoms with E-state index in [1.807, 2.05) is 12.3 Å². The van der Waals surface area contributed by atoms with Crippen LogP contribution in [0.2, 0.25) is 0 Å². The second-order valence-corrected chi connectivity index (χ2v) is 5.74. The van der Waals surface area contributed by atoms with Crippen molar-refractivity contribution in [1.82, 2.24) is 5.01 Å². The number of unbranched alkanes of at least 4 members (excludes halogenated alkanes) is 1. The second kappa shape index (κ2) is 4.77. The molecule has 18 heavy (non-hydrogen) atoms. The molecule has 0 bridgehead atoms. The minimum atomic E-state index is 0.0789. The molecule has 0 spiro atoms. The molecule has 2 nitrogen and oxygen atoms in total. The zero-order chi connectivity index (χ0) is 13.3. The van der Waals surface area contributed by atoms with Crippen molar-refractivity contribution in [2.24, 2.45) is 11.3 Å². The standard InChI is InChI=1S/C16H24N2/c1-5-6-8-13-11-15-14(9-7-10-18(15)17)16(3,4)12(13)2/h7,9-11H,5-6,8,17H2,1-4H3. The lowest BCUT2D eigenvalue weighted by atomic mass is 9.70. The first kappa shape index (κ1) is 13.2. The molecule has 2 heteroatoms. The van der Waals surface area contributed by atoms with E-state index in [9.17, 15) is 0 Å². The van der Waals surface area contributed by atoms with Crippen LogP contribution in [-0.2, 0) is 0 Å². The molecule has 2 rings (SSSR count).